The van der Waals surface area contributed by atoms with E-state index in [9.17, 15) is 4.55 Å². The summed E-state index contributed by atoms with van der Waals surface area (Å²) >= 11 is -0.958. The minimum Gasteiger partial charge on any atom is -0.593 e. The van der Waals surface area contributed by atoms with Crippen molar-refractivity contribution in [3.63, 3.8) is 0 Å². The van der Waals surface area contributed by atoms with Crippen LogP contribution < -0.4 is 4.72 Å². The zero-order valence-electron chi connectivity index (χ0n) is 6.26. The molecule has 11 heavy (non-hydrogen) atoms. The molecule has 2 rings (SSSR count). The van der Waals surface area contributed by atoms with Crippen LogP contribution in [0.25, 0.3) is 0 Å². The molecule has 1 heterocycles. The van der Waals surface area contributed by atoms with Crippen molar-refractivity contribution in [2.75, 3.05) is 0 Å². The van der Waals surface area contributed by atoms with E-state index in [1.54, 1.807) is 0 Å². The molecule has 1 atom stereocenters. The third kappa shape index (κ3) is 1.15. The van der Waals surface area contributed by atoms with Crippen LogP contribution in [0.1, 0.15) is 11.1 Å². The minimum absolute atomic E-state index is 0.738. The van der Waals surface area contributed by atoms with E-state index in [1.807, 2.05) is 25.1 Å². The lowest BCUT2D eigenvalue weighted by molar-refractivity contribution is 0.588. The third-order valence-electron chi connectivity index (χ3n) is 1.82. The lowest BCUT2D eigenvalue weighted by atomic mass is 10.1. The molecule has 0 saturated heterocycles. The number of hydrogen-bond acceptors (Lipinski definition) is 2. The standard InChI is InChI=1S/C8H9NOS/c1-6-2-3-7-5-9-11(10)8(7)4-6/h2-4,9H,5H2,1H3. The highest BCUT2D eigenvalue weighted by molar-refractivity contribution is 7.89. The summed E-state index contributed by atoms with van der Waals surface area (Å²) in [7, 11) is 0. The summed E-state index contributed by atoms with van der Waals surface area (Å²) in [6.45, 7) is 2.75. The van der Waals surface area contributed by atoms with E-state index in [4.69, 9.17) is 0 Å². The van der Waals surface area contributed by atoms with Gasteiger partial charge in [-0.3, -0.25) is 0 Å². The molecule has 0 radical (unpaired) electrons. The molecule has 2 nitrogen and oxygen atoms in total. The van der Waals surface area contributed by atoms with E-state index in [0.717, 1.165) is 17.0 Å². The van der Waals surface area contributed by atoms with Crippen molar-refractivity contribution in [3.8, 4) is 0 Å². The molecule has 1 aliphatic heterocycles. The van der Waals surface area contributed by atoms with Crippen molar-refractivity contribution < 1.29 is 4.55 Å². The lowest BCUT2D eigenvalue weighted by Gasteiger charge is -2.01. The summed E-state index contributed by atoms with van der Waals surface area (Å²) in [5.74, 6) is 0. The number of nitrogens with one attached hydrogen (secondary N) is 1. The Hall–Kier alpha value is -0.510. The van der Waals surface area contributed by atoms with E-state index >= 15 is 0 Å². The van der Waals surface area contributed by atoms with Gasteiger partial charge in [0.05, 0.1) is 17.9 Å². The fraction of sp³-hybridized carbons (Fsp3) is 0.250. The van der Waals surface area contributed by atoms with Gasteiger partial charge in [-0.1, -0.05) is 12.1 Å². The molecule has 0 fully saturated rings. The fourth-order valence-corrected chi connectivity index (χ4v) is 2.31. The van der Waals surface area contributed by atoms with Crippen LogP contribution in [0.2, 0.25) is 0 Å². The molecule has 0 aromatic heterocycles. The lowest BCUT2D eigenvalue weighted by Crippen LogP contribution is -2.13. The van der Waals surface area contributed by atoms with Crippen molar-refractivity contribution in [3.05, 3.63) is 29.3 Å². The first kappa shape index (κ1) is 7.16. The number of rotatable bonds is 0. The SMILES string of the molecule is Cc1ccc2c(c1)[S+]([O-])NC2. The Labute approximate surface area is 68.9 Å². The molecule has 0 spiro atoms. The third-order valence-corrected chi connectivity index (χ3v) is 3.00. The highest BCUT2D eigenvalue weighted by atomic mass is 32.2. The van der Waals surface area contributed by atoms with Crippen LogP contribution in [0.4, 0.5) is 0 Å². The molecule has 0 saturated carbocycles. The molecule has 1 aromatic carbocycles. The van der Waals surface area contributed by atoms with Crippen LogP contribution in [0.15, 0.2) is 23.1 Å². The summed E-state index contributed by atoms with van der Waals surface area (Å²) in [5, 5.41) is 0. The molecule has 1 unspecified atom stereocenters. The van der Waals surface area contributed by atoms with E-state index in [2.05, 4.69) is 4.72 Å². The van der Waals surface area contributed by atoms with Crippen LogP contribution in [0, 0.1) is 6.92 Å². The van der Waals surface area contributed by atoms with Gasteiger partial charge in [-0.15, -0.1) is 4.72 Å². The van der Waals surface area contributed by atoms with E-state index in [-0.39, 0.29) is 0 Å². The van der Waals surface area contributed by atoms with E-state index in [0.29, 0.717) is 0 Å². The Morgan fingerprint density at radius 1 is 1.55 bits per heavy atom. The molecule has 1 N–H and O–H groups in total. The minimum atomic E-state index is -0.958. The summed E-state index contributed by atoms with van der Waals surface area (Å²) in [6.07, 6.45) is 0. The largest absolute Gasteiger partial charge is 0.593 e. The highest BCUT2D eigenvalue weighted by Crippen LogP contribution is 2.22. The van der Waals surface area contributed by atoms with Gasteiger partial charge in [-0.2, -0.15) is 0 Å². The van der Waals surface area contributed by atoms with Crippen molar-refractivity contribution in [1.29, 1.82) is 0 Å². The predicted octanol–water partition coefficient (Wildman–Crippen LogP) is 1.12. The topological polar surface area (TPSA) is 35.1 Å². The van der Waals surface area contributed by atoms with Gasteiger partial charge < -0.3 is 4.55 Å². The first-order valence-electron chi connectivity index (χ1n) is 3.52. The fourth-order valence-electron chi connectivity index (χ4n) is 1.20. The molecular weight excluding hydrogens is 158 g/mol. The van der Waals surface area contributed by atoms with Gasteiger partial charge >= 0.3 is 0 Å². The predicted molar refractivity (Wildman–Crippen MR) is 44.4 cm³/mol. The Kier molecular flexibility index (Phi) is 1.64. The van der Waals surface area contributed by atoms with Gasteiger partial charge in [-0.05, 0) is 18.6 Å². The maximum absolute atomic E-state index is 11.2. The molecule has 0 aliphatic carbocycles. The summed E-state index contributed by atoms with van der Waals surface area (Å²) in [4.78, 5) is 0.949. The van der Waals surface area contributed by atoms with Gasteiger partial charge in [0.1, 0.15) is 0 Å². The number of fused-ring (bicyclic) bond motifs is 1. The van der Waals surface area contributed by atoms with E-state index in [1.165, 1.54) is 5.56 Å². The molecular formula is C8H9NOS. The molecule has 3 heteroatoms. The highest BCUT2D eigenvalue weighted by Gasteiger charge is 2.23. The maximum atomic E-state index is 11.2. The van der Waals surface area contributed by atoms with Crippen LogP contribution in [0.3, 0.4) is 0 Å². The van der Waals surface area contributed by atoms with Crippen molar-refractivity contribution in [1.82, 2.24) is 4.72 Å². The van der Waals surface area contributed by atoms with E-state index < -0.39 is 11.4 Å². The zero-order chi connectivity index (χ0) is 7.84. The van der Waals surface area contributed by atoms with Crippen LogP contribution in [0.5, 0.6) is 0 Å². The quantitative estimate of drug-likeness (QED) is 0.588. The first-order chi connectivity index (χ1) is 5.27. The Balaban J connectivity index is 2.52. The maximum Gasteiger partial charge on any atom is 0.178 e. The monoisotopic (exact) mass is 167 g/mol. The average molecular weight is 167 g/mol. The van der Waals surface area contributed by atoms with Crippen molar-refractivity contribution in [2.45, 2.75) is 18.4 Å². The van der Waals surface area contributed by atoms with Gasteiger partial charge in [0.25, 0.3) is 0 Å². The molecule has 0 amide bonds. The first-order valence-corrected chi connectivity index (χ1v) is 4.67. The molecule has 1 aromatic rings. The Morgan fingerprint density at radius 2 is 2.36 bits per heavy atom. The van der Waals surface area contributed by atoms with Crippen molar-refractivity contribution in [2.24, 2.45) is 0 Å². The molecule has 1 aliphatic rings. The number of benzene rings is 1. The van der Waals surface area contributed by atoms with Gasteiger partial charge in [0.2, 0.25) is 0 Å². The van der Waals surface area contributed by atoms with Crippen molar-refractivity contribution >= 4 is 11.4 Å². The normalized spacial score (nSPS) is 21.8. The van der Waals surface area contributed by atoms with Crippen LogP contribution >= 0.6 is 0 Å². The average Bonchev–Trinajstić information content (AvgIpc) is 2.33. The molecule has 58 valence electrons. The molecule has 0 bridgehead atoms. The zero-order valence-corrected chi connectivity index (χ0v) is 7.07. The summed E-state index contributed by atoms with van der Waals surface area (Å²) < 4.78 is 14.1. The van der Waals surface area contributed by atoms with Gasteiger partial charge in [-0.25, -0.2) is 0 Å². The number of hydrogen-bond donors (Lipinski definition) is 1. The van der Waals surface area contributed by atoms with Gasteiger partial charge in [0, 0.05) is 5.56 Å². The smallest absolute Gasteiger partial charge is 0.178 e. The van der Waals surface area contributed by atoms with Crippen LogP contribution in [-0.4, -0.2) is 4.55 Å². The summed E-state index contributed by atoms with van der Waals surface area (Å²) in [5.41, 5.74) is 2.33. The second kappa shape index (κ2) is 2.52. The second-order valence-corrected chi connectivity index (χ2v) is 3.97. The summed E-state index contributed by atoms with van der Waals surface area (Å²) in [6, 6.07) is 6.05. The van der Waals surface area contributed by atoms with Crippen LogP contribution in [-0.2, 0) is 17.9 Å². The van der Waals surface area contributed by atoms with Gasteiger partial charge in [0.15, 0.2) is 4.90 Å². The Morgan fingerprint density at radius 3 is 3.18 bits per heavy atom. The Bertz CT molecular complexity index is 287. The number of aryl methyl sites for hydroxylation is 1. The second-order valence-electron chi connectivity index (χ2n) is 2.70.